The summed E-state index contributed by atoms with van der Waals surface area (Å²) in [6.45, 7) is 4.15. The first kappa shape index (κ1) is 19.1. The number of nitrogens with zero attached hydrogens (tertiary/aromatic N) is 1. The normalized spacial score (nSPS) is 20.0. The van der Waals surface area contributed by atoms with Crippen molar-refractivity contribution in [1.29, 1.82) is 0 Å². The van der Waals surface area contributed by atoms with E-state index in [2.05, 4.69) is 15.6 Å². The Labute approximate surface area is 164 Å². The lowest BCUT2D eigenvalue weighted by Gasteiger charge is -2.39. The second-order valence-electron chi connectivity index (χ2n) is 5.88. The summed E-state index contributed by atoms with van der Waals surface area (Å²) < 4.78 is 5.56. The maximum absolute atomic E-state index is 6.48. The zero-order valence-corrected chi connectivity index (χ0v) is 16.8. The number of aliphatic imine (C=N–C) groups is 1. The highest BCUT2D eigenvalue weighted by atomic mass is 127. The van der Waals surface area contributed by atoms with E-state index >= 15 is 0 Å². The van der Waals surface area contributed by atoms with Crippen molar-refractivity contribution in [3.05, 3.63) is 33.8 Å². The Morgan fingerprint density at radius 1 is 1.26 bits per heavy atom. The van der Waals surface area contributed by atoms with E-state index in [4.69, 9.17) is 27.9 Å². The van der Waals surface area contributed by atoms with Gasteiger partial charge in [-0.2, -0.15) is 0 Å². The smallest absolute Gasteiger partial charge is 0.191 e. The standard InChI is InChI=1S/C16H21Cl2N3O.HI/c17-12-2-3-13(14(18)10-12)16(4-8-22-9-5-16)11-21-15-19-6-1-7-20-15;/h2-3,10H,1,4-9,11H2,(H2,19,20,21);1H. The first-order chi connectivity index (χ1) is 10.7. The molecular formula is C16H22Cl2IN3O. The van der Waals surface area contributed by atoms with E-state index in [-0.39, 0.29) is 29.4 Å². The van der Waals surface area contributed by atoms with Crippen molar-refractivity contribution in [2.45, 2.75) is 24.7 Å². The third-order valence-corrected chi connectivity index (χ3v) is 4.99. The molecule has 0 saturated carbocycles. The lowest BCUT2D eigenvalue weighted by molar-refractivity contribution is 0.0514. The van der Waals surface area contributed by atoms with Crippen molar-refractivity contribution in [2.24, 2.45) is 4.99 Å². The highest BCUT2D eigenvalue weighted by Crippen LogP contribution is 2.39. The van der Waals surface area contributed by atoms with E-state index in [0.29, 0.717) is 5.02 Å². The van der Waals surface area contributed by atoms with Crippen LogP contribution in [0.2, 0.25) is 10.0 Å². The largest absolute Gasteiger partial charge is 0.381 e. The van der Waals surface area contributed by atoms with Crippen molar-refractivity contribution in [3.8, 4) is 0 Å². The first-order valence-corrected chi connectivity index (χ1v) is 8.51. The number of benzene rings is 1. The minimum Gasteiger partial charge on any atom is -0.381 e. The predicted octanol–water partition coefficient (Wildman–Crippen LogP) is 3.60. The van der Waals surface area contributed by atoms with Gasteiger partial charge in [-0.15, -0.1) is 24.0 Å². The van der Waals surface area contributed by atoms with Gasteiger partial charge in [-0.05, 0) is 37.0 Å². The van der Waals surface area contributed by atoms with E-state index in [1.165, 1.54) is 0 Å². The van der Waals surface area contributed by atoms with Crippen LogP contribution in [0.25, 0.3) is 0 Å². The van der Waals surface area contributed by atoms with E-state index in [1.54, 1.807) is 0 Å². The summed E-state index contributed by atoms with van der Waals surface area (Å²) in [5, 5.41) is 8.17. The van der Waals surface area contributed by atoms with E-state index < -0.39 is 0 Å². The Bertz CT molecular complexity index is 562. The molecule has 23 heavy (non-hydrogen) atoms. The molecule has 0 radical (unpaired) electrons. The van der Waals surface area contributed by atoms with E-state index in [0.717, 1.165) is 68.7 Å². The van der Waals surface area contributed by atoms with Crippen LogP contribution < -0.4 is 10.6 Å². The van der Waals surface area contributed by atoms with Crippen molar-refractivity contribution in [3.63, 3.8) is 0 Å². The molecule has 128 valence electrons. The van der Waals surface area contributed by atoms with Crippen LogP contribution in [0.5, 0.6) is 0 Å². The highest BCUT2D eigenvalue weighted by Gasteiger charge is 2.36. The van der Waals surface area contributed by atoms with Gasteiger partial charge in [0.15, 0.2) is 5.96 Å². The summed E-state index contributed by atoms with van der Waals surface area (Å²) >= 11 is 12.5. The first-order valence-electron chi connectivity index (χ1n) is 7.75. The summed E-state index contributed by atoms with van der Waals surface area (Å²) in [5.74, 6) is 0.891. The van der Waals surface area contributed by atoms with Gasteiger partial charge in [-0.25, -0.2) is 0 Å². The minimum absolute atomic E-state index is 0. The number of hydrogen-bond donors (Lipinski definition) is 2. The molecule has 1 saturated heterocycles. The molecule has 7 heteroatoms. The summed E-state index contributed by atoms with van der Waals surface area (Å²) in [6.07, 6.45) is 2.97. The number of rotatable bonds is 3. The van der Waals surface area contributed by atoms with Gasteiger partial charge in [-0.3, -0.25) is 4.99 Å². The number of halogens is 3. The topological polar surface area (TPSA) is 45.7 Å². The molecule has 0 atom stereocenters. The molecule has 2 N–H and O–H groups in total. The summed E-state index contributed by atoms with van der Waals surface area (Å²) in [5.41, 5.74) is 1.10. The Balaban J connectivity index is 0.00000192. The van der Waals surface area contributed by atoms with E-state index in [1.807, 2.05) is 18.2 Å². The van der Waals surface area contributed by atoms with Crippen molar-refractivity contribution < 1.29 is 4.74 Å². The number of guanidine groups is 1. The monoisotopic (exact) mass is 469 g/mol. The number of nitrogens with one attached hydrogen (secondary N) is 2. The Morgan fingerprint density at radius 2 is 2.04 bits per heavy atom. The molecule has 0 amide bonds. The van der Waals surface area contributed by atoms with Crippen LogP contribution in [0.3, 0.4) is 0 Å². The maximum atomic E-state index is 6.48. The van der Waals surface area contributed by atoms with Gasteiger partial charge >= 0.3 is 0 Å². The molecule has 2 aliphatic rings. The average Bonchev–Trinajstić information content (AvgIpc) is 2.55. The lowest BCUT2D eigenvalue weighted by Crippen LogP contribution is -2.49. The molecule has 0 unspecified atom stereocenters. The average molecular weight is 470 g/mol. The fourth-order valence-corrected chi connectivity index (χ4v) is 3.74. The van der Waals surface area contributed by atoms with Crippen LogP contribution >= 0.6 is 47.2 Å². The third kappa shape index (κ3) is 4.65. The van der Waals surface area contributed by atoms with Crippen LogP contribution in [0.15, 0.2) is 23.2 Å². The summed E-state index contributed by atoms with van der Waals surface area (Å²) in [4.78, 5) is 4.48. The molecule has 4 nitrogen and oxygen atoms in total. The van der Waals surface area contributed by atoms with Crippen molar-refractivity contribution in [2.75, 3.05) is 32.8 Å². The molecule has 1 aromatic carbocycles. The molecule has 3 rings (SSSR count). The molecule has 0 spiro atoms. The van der Waals surface area contributed by atoms with Crippen LogP contribution in [-0.4, -0.2) is 38.8 Å². The van der Waals surface area contributed by atoms with Crippen LogP contribution in [-0.2, 0) is 10.2 Å². The molecule has 0 bridgehead atoms. The van der Waals surface area contributed by atoms with Gasteiger partial charge in [0.2, 0.25) is 0 Å². The van der Waals surface area contributed by atoms with Crippen molar-refractivity contribution >= 4 is 53.1 Å². The third-order valence-electron chi connectivity index (χ3n) is 4.44. The van der Waals surface area contributed by atoms with Gasteiger partial charge in [0, 0.05) is 48.3 Å². The van der Waals surface area contributed by atoms with Gasteiger partial charge in [-0.1, -0.05) is 29.3 Å². The fourth-order valence-electron chi connectivity index (χ4n) is 3.13. The van der Waals surface area contributed by atoms with Crippen LogP contribution in [0, 0.1) is 0 Å². The Morgan fingerprint density at radius 3 is 2.70 bits per heavy atom. The van der Waals surface area contributed by atoms with Gasteiger partial charge < -0.3 is 15.4 Å². The molecule has 0 aliphatic carbocycles. The zero-order valence-electron chi connectivity index (χ0n) is 12.9. The lowest BCUT2D eigenvalue weighted by atomic mass is 9.74. The van der Waals surface area contributed by atoms with Gasteiger partial charge in [0.05, 0.1) is 0 Å². The second-order valence-corrected chi connectivity index (χ2v) is 6.72. The fraction of sp³-hybridized carbons (Fsp3) is 0.562. The predicted molar refractivity (Wildman–Crippen MR) is 107 cm³/mol. The highest BCUT2D eigenvalue weighted by molar-refractivity contribution is 14.0. The minimum atomic E-state index is -0.0401. The number of hydrogen-bond acceptors (Lipinski definition) is 4. The number of ether oxygens (including phenoxy) is 1. The quantitative estimate of drug-likeness (QED) is 0.665. The summed E-state index contributed by atoms with van der Waals surface area (Å²) in [6, 6.07) is 5.79. The molecule has 2 aliphatic heterocycles. The molecule has 2 heterocycles. The molecule has 1 fully saturated rings. The SMILES string of the molecule is Clc1ccc(C2(CNC3=NCCCN3)CCOCC2)c(Cl)c1.I. The van der Waals surface area contributed by atoms with E-state index in [9.17, 15) is 0 Å². The molecule has 1 aromatic rings. The van der Waals surface area contributed by atoms with Crippen molar-refractivity contribution in [1.82, 2.24) is 10.6 Å². The second kappa shape index (κ2) is 8.74. The summed E-state index contributed by atoms with van der Waals surface area (Å²) in [7, 11) is 0. The van der Waals surface area contributed by atoms with Crippen LogP contribution in [0.4, 0.5) is 0 Å². The Kier molecular flexibility index (Phi) is 7.25. The van der Waals surface area contributed by atoms with Gasteiger partial charge in [0.25, 0.3) is 0 Å². The van der Waals surface area contributed by atoms with Crippen LogP contribution in [0.1, 0.15) is 24.8 Å². The maximum Gasteiger partial charge on any atom is 0.191 e. The van der Waals surface area contributed by atoms with Gasteiger partial charge in [0.1, 0.15) is 0 Å². The molecular weight excluding hydrogens is 448 g/mol. The zero-order chi connectivity index (χ0) is 15.4. The molecule has 0 aromatic heterocycles. The Hall–Kier alpha value is -0.240.